The molecule has 90 heavy (non-hydrogen) atoms. The molecule has 0 aliphatic carbocycles. The highest BCUT2D eigenvalue weighted by molar-refractivity contribution is 5.93. The molecule has 8 N–H and O–H groups in total. The predicted molar refractivity (Wildman–Crippen MR) is 351 cm³/mol. The number of Topliss-reactive ketones (excluding diaryl/α,β-unsaturated/α-hetero) is 6. The first-order valence-corrected chi connectivity index (χ1v) is 31.5. The predicted octanol–water partition coefficient (Wildman–Crippen LogP) is 5.70. The zero-order valence-corrected chi connectivity index (χ0v) is 58.1. The lowest BCUT2D eigenvalue weighted by Gasteiger charge is -2.30. The van der Waals surface area contributed by atoms with E-state index in [1.165, 1.54) is 7.11 Å². The number of methoxy groups -OCH3 is 1. The van der Waals surface area contributed by atoms with Crippen molar-refractivity contribution in [1.29, 1.82) is 0 Å². The monoisotopic (exact) mass is 1270 g/mol. The van der Waals surface area contributed by atoms with Crippen LogP contribution >= 0.6 is 0 Å². The topological polar surface area (TPSA) is 325 Å². The van der Waals surface area contributed by atoms with E-state index < -0.39 is 80.3 Å². The number of carbonyl (C=O) groups excluding carboxylic acids is 10. The summed E-state index contributed by atoms with van der Waals surface area (Å²) in [4.78, 5) is 119. The van der Waals surface area contributed by atoms with Gasteiger partial charge in [-0.3, -0.25) is 57.7 Å². The van der Waals surface area contributed by atoms with Crippen LogP contribution in [0.4, 0.5) is 0 Å². The average Bonchev–Trinajstić information content (AvgIpc) is 1.75. The number of hydrogen-bond donors (Lipinski definition) is 8. The second-order valence-corrected chi connectivity index (χ2v) is 24.3. The fourth-order valence-corrected chi connectivity index (χ4v) is 8.95. The summed E-state index contributed by atoms with van der Waals surface area (Å²) in [5, 5.41) is 44.2. The Hall–Kier alpha value is -5.98. The quantitative estimate of drug-likeness (QED) is 0.0465. The first kappa shape index (κ1) is 88.2. The Balaban J connectivity index is -0.00000101. The Labute approximate surface area is 538 Å². The van der Waals surface area contributed by atoms with Crippen LogP contribution in [-0.4, -0.2) is 193 Å². The third-order valence-corrected chi connectivity index (χ3v) is 14.4. The van der Waals surface area contributed by atoms with Crippen molar-refractivity contribution in [3.05, 3.63) is 71.8 Å². The number of rotatable bonds is 30. The van der Waals surface area contributed by atoms with Gasteiger partial charge in [0, 0.05) is 55.8 Å². The summed E-state index contributed by atoms with van der Waals surface area (Å²) in [5.74, 6) is -1.83. The molecule has 3 rings (SSSR count). The van der Waals surface area contributed by atoms with Crippen molar-refractivity contribution in [2.75, 3.05) is 73.9 Å². The molecule has 2 aromatic rings. The van der Waals surface area contributed by atoms with E-state index in [4.69, 9.17) is 29.9 Å². The van der Waals surface area contributed by atoms with Crippen molar-refractivity contribution in [3.63, 3.8) is 0 Å². The first-order valence-electron chi connectivity index (χ1n) is 31.5. The van der Waals surface area contributed by atoms with Crippen molar-refractivity contribution >= 4 is 58.3 Å². The van der Waals surface area contributed by atoms with Crippen LogP contribution < -0.4 is 21.3 Å². The number of benzene rings is 2. The van der Waals surface area contributed by atoms with Crippen LogP contribution in [-0.2, 0) is 57.4 Å². The molecule has 1 aliphatic rings. The molecule has 0 radical (unpaired) electrons. The van der Waals surface area contributed by atoms with Crippen LogP contribution in [0.2, 0.25) is 0 Å². The molecule has 0 spiro atoms. The molecule has 1 saturated heterocycles. The summed E-state index contributed by atoms with van der Waals surface area (Å²) >= 11 is 0. The van der Waals surface area contributed by atoms with Crippen molar-refractivity contribution in [3.8, 4) is 0 Å². The van der Waals surface area contributed by atoms with Crippen LogP contribution in [0.25, 0.3) is 0 Å². The zero-order valence-electron chi connectivity index (χ0n) is 58.1. The largest absolute Gasteiger partial charge is 0.387 e. The Morgan fingerprint density at radius 1 is 0.467 bits per heavy atom. The molecular weight excluding hydrogens is 1160 g/mol. The number of hydrogen-bond acceptors (Lipinski definition) is 18. The van der Waals surface area contributed by atoms with E-state index in [-0.39, 0.29) is 88.3 Å². The summed E-state index contributed by atoms with van der Waals surface area (Å²) in [6.45, 7) is 34.0. The van der Waals surface area contributed by atoms with Gasteiger partial charge in [0.2, 0.25) is 23.6 Å². The van der Waals surface area contributed by atoms with Gasteiger partial charge in [-0.1, -0.05) is 171 Å². The summed E-state index contributed by atoms with van der Waals surface area (Å²) < 4.78 is 10.3. The second-order valence-electron chi connectivity index (χ2n) is 24.3. The highest BCUT2D eigenvalue weighted by Gasteiger charge is 2.33. The lowest BCUT2D eigenvalue weighted by Crippen LogP contribution is -2.50. The van der Waals surface area contributed by atoms with Crippen molar-refractivity contribution in [1.82, 2.24) is 31.1 Å². The smallest absolute Gasteiger partial charge is 0.246 e. The number of ketones is 6. The standard InChI is InChI=1S/C15H23NO.C13H19NO.C12H21NO4.C10H19NO4.C10H19NO3.C8H15NO3/c1-5-16(6-2)14(15(17)12(3)4)13-10-8-7-9-11-13;1-10(2)13(15)12(14(3)4)11-8-6-5-7-9-11;1-8(2)12(16)11(13-10(15)7-14)9-3-5-17-6-4-9;1-6(2)10(14)9(7(3)15-4)11-8(13)5-12;1-6(2)9(10(14)7(3)4)11-8(13)5-12;1-5(2)8(12)6(3)9-7(11)4-10/h7-12,14H,5-6H2,1-4H3;5-10,12H,1-4H3;8-9,11,14H,3-7H2,1-2H3,(H,13,15);6-7,9,12H,5H2,1-4H3,(H,11,13);6-7,9,12H,5H2,1-4H3,(H,11,13);5-6,10H,4H2,1-3H3,(H,9,11). The zero-order chi connectivity index (χ0) is 70.1. The Morgan fingerprint density at radius 2 is 0.800 bits per heavy atom. The fraction of sp³-hybridized carbons (Fsp3) is 0.676. The van der Waals surface area contributed by atoms with E-state index in [1.807, 2.05) is 135 Å². The normalized spacial score (nSPS) is 14.5. The Morgan fingerprint density at radius 3 is 1.13 bits per heavy atom. The number of aliphatic hydroxyl groups is 4. The van der Waals surface area contributed by atoms with Gasteiger partial charge in [-0.25, -0.2) is 0 Å². The average molecular weight is 1270 g/mol. The summed E-state index contributed by atoms with van der Waals surface area (Å²) in [6, 6.07) is 17.6. The minimum absolute atomic E-state index is 0.00167. The van der Waals surface area contributed by atoms with E-state index in [0.29, 0.717) is 19.0 Å². The van der Waals surface area contributed by atoms with Crippen LogP contribution in [0.5, 0.6) is 0 Å². The van der Waals surface area contributed by atoms with Gasteiger partial charge in [0.05, 0.1) is 36.3 Å². The SMILES string of the molecule is CC(C)C(=O)C(C)NC(=O)CO.CC(C)C(=O)C(NC(=O)CO)C(C)C.CC(C)C(=O)C(NC(=O)CO)C1CCOCC1.CC(C)C(=O)C(c1ccccc1)N(C)C.CCN(CC)C(C(=O)C(C)C)c1ccccc1.COC(C)C(NC(=O)CO)C(=O)C(C)C. The molecule has 0 bridgehead atoms. The van der Waals surface area contributed by atoms with Gasteiger partial charge in [-0.05, 0) is 76.8 Å². The van der Waals surface area contributed by atoms with E-state index in [0.717, 1.165) is 37.1 Å². The van der Waals surface area contributed by atoms with Gasteiger partial charge in [-0.2, -0.15) is 0 Å². The van der Waals surface area contributed by atoms with E-state index in [9.17, 15) is 47.9 Å². The van der Waals surface area contributed by atoms with E-state index >= 15 is 0 Å². The van der Waals surface area contributed by atoms with Gasteiger partial charge >= 0.3 is 0 Å². The lowest BCUT2D eigenvalue weighted by atomic mass is 9.85. The molecular formula is C68H116N6O16. The molecule has 22 heteroatoms. The second kappa shape index (κ2) is 48.8. The number of carbonyl (C=O) groups is 10. The maximum Gasteiger partial charge on any atom is 0.246 e. The Kier molecular flexibility index (Phi) is 47.8. The third-order valence-electron chi connectivity index (χ3n) is 14.4. The number of ether oxygens (including phenoxy) is 2. The molecule has 0 saturated carbocycles. The van der Waals surface area contributed by atoms with Crippen LogP contribution in [0.3, 0.4) is 0 Å². The molecule has 7 unspecified atom stereocenters. The highest BCUT2D eigenvalue weighted by Crippen LogP contribution is 2.26. The van der Waals surface area contributed by atoms with Crippen LogP contribution in [0, 0.1) is 47.3 Å². The van der Waals surface area contributed by atoms with Gasteiger partial charge in [0.1, 0.15) is 32.5 Å². The number of amides is 4. The first-order chi connectivity index (χ1) is 42.0. The third kappa shape index (κ3) is 35.0. The summed E-state index contributed by atoms with van der Waals surface area (Å²) in [6.07, 6.45) is 1.14. The van der Waals surface area contributed by atoms with Crippen molar-refractivity contribution < 1.29 is 77.8 Å². The van der Waals surface area contributed by atoms with Gasteiger partial charge in [0.25, 0.3) is 0 Å². The molecule has 514 valence electrons. The number of nitrogens with zero attached hydrogens (tertiary/aromatic N) is 2. The molecule has 22 nitrogen and oxygen atoms in total. The molecule has 0 aromatic heterocycles. The van der Waals surface area contributed by atoms with Gasteiger partial charge in [0.15, 0.2) is 34.7 Å². The molecule has 7 atom stereocenters. The Bertz CT molecular complexity index is 2390. The molecule has 4 amide bonds. The number of nitrogens with one attached hydrogen (secondary N) is 4. The summed E-state index contributed by atoms with van der Waals surface area (Å²) in [7, 11) is 5.35. The molecule has 2 aromatic carbocycles. The van der Waals surface area contributed by atoms with Crippen molar-refractivity contribution in [2.24, 2.45) is 47.3 Å². The van der Waals surface area contributed by atoms with E-state index in [2.05, 4.69) is 40.0 Å². The summed E-state index contributed by atoms with van der Waals surface area (Å²) in [5.41, 5.74) is 2.18. The number of likely N-dealkylation sites (N-methyl/N-ethyl adjacent to an activating group) is 2. The maximum atomic E-state index is 12.4. The maximum absolute atomic E-state index is 12.4. The van der Waals surface area contributed by atoms with Crippen LogP contribution in [0.1, 0.15) is 161 Å². The molecule has 1 aliphatic heterocycles. The van der Waals surface area contributed by atoms with E-state index in [1.54, 1.807) is 55.4 Å². The highest BCUT2D eigenvalue weighted by atomic mass is 16.5. The van der Waals surface area contributed by atoms with Gasteiger partial charge in [-0.15, -0.1) is 0 Å². The number of aliphatic hydroxyl groups excluding tert-OH is 4. The minimum atomic E-state index is -0.699. The van der Waals surface area contributed by atoms with Crippen LogP contribution in [0.15, 0.2) is 60.7 Å². The fourth-order valence-electron chi connectivity index (χ4n) is 8.95. The lowest BCUT2D eigenvalue weighted by molar-refractivity contribution is -0.133. The van der Waals surface area contributed by atoms with Gasteiger partial charge < -0.3 is 51.2 Å². The molecule has 1 heterocycles. The minimum Gasteiger partial charge on any atom is -0.387 e. The van der Waals surface area contributed by atoms with Crippen molar-refractivity contribution in [2.45, 2.75) is 180 Å². The molecule has 1 fully saturated rings.